The van der Waals surface area contributed by atoms with Gasteiger partial charge >= 0.3 is 0 Å². The molecule has 0 saturated heterocycles. The van der Waals surface area contributed by atoms with Gasteiger partial charge in [0.2, 0.25) is 5.88 Å². The van der Waals surface area contributed by atoms with Crippen molar-refractivity contribution in [3.63, 3.8) is 0 Å². The van der Waals surface area contributed by atoms with Crippen LogP contribution in [0.1, 0.15) is 31.0 Å². The van der Waals surface area contributed by atoms with Crippen molar-refractivity contribution in [3.8, 4) is 11.6 Å². The minimum Gasteiger partial charge on any atom is -0.436 e. The molecule has 0 amide bonds. The fraction of sp³-hybridized carbons (Fsp3) is 0.200. The molecule has 1 aromatic heterocycles. The monoisotopic (exact) mass is 372 g/mol. The second kappa shape index (κ2) is 8.27. The Morgan fingerprint density at radius 3 is 2.42 bits per heavy atom. The number of para-hydroxylation sites is 1. The Morgan fingerprint density at radius 2 is 1.73 bits per heavy atom. The zero-order valence-corrected chi connectivity index (χ0v) is 15.3. The van der Waals surface area contributed by atoms with Crippen molar-refractivity contribution in [2.45, 2.75) is 30.7 Å². The average Bonchev–Trinajstić information content (AvgIpc) is 2.63. The lowest BCUT2D eigenvalue weighted by atomic mass is 10.1. The second-order valence-electron chi connectivity index (χ2n) is 6.02. The molecule has 26 heavy (non-hydrogen) atoms. The van der Waals surface area contributed by atoms with Crippen LogP contribution in [-0.4, -0.2) is 9.97 Å². The fourth-order valence-corrected chi connectivity index (χ4v) is 3.01. The lowest BCUT2D eigenvalue weighted by molar-refractivity contribution is 0.420. The largest absolute Gasteiger partial charge is 0.436 e. The first-order chi connectivity index (χ1) is 12.5. The molecular weight excluding hydrogens is 354 g/mol. The van der Waals surface area contributed by atoms with Crippen LogP contribution in [0.15, 0.2) is 59.8 Å². The molecule has 1 heterocycles. The highest BCUT2D eigenvalue weighted by Crippen LogP contribution is 2.28. The highest BCUT2D eigenvalue weighted by molar-refractivity contribution is 7.98. The minimum atomic E-state index is -0.447. The van der Waals surface area contributed by atoms with Crippen molar-refractivity contribution >= 4 is 11.8 Å². The van der Waals surface area contributed by atoms with Gasteiger partial charge in [-0.25, -0.2) is 13.8 Å². The summed E-state index contributed by atoms with van der Waals surface area (Å²) in [6, 6.07) is 14.2. The van der Waals surface area contributed by atoms with Gasteiger partial charge in [0, 0.05) is 11.8 Å². The van der Waals surface area contributed by atoms with Gasteiger partial charge in [-0.05, 0) is 35.7 Å². The Balaban J connectivity index is 1.81. The molecule has 0 aliphatic carbocycles. The summed E-state index contributed by atoms with van der Waals surface area (Å²) in [5.74, 6) is 0.480. The lowest BCUT2D eigenvalue weighted by Crippen LogP contribution is -2.00. The Morgan fingerprint density at radius 1 is 1.00 bits per heavy atom. The van der Waals surface area contributed by atoms with Crippen molar-refractivity contribution < 1.29 is 13.5 Å². The third-order valence-electron chi connectivity index (χ3n) is 3.63. The van der Waals surface area contributed by atoms with E-state index in [0.717, 1.165) is 11.3 Å². The van der Waals surface area contributed by atoms with Crippen molar-refractivity contribution in [2.75, 3.05) is 0 Å². The van der Waals surface area contributed by atoms with E-state index in [-0.39, 0.29) is 17.5 Å². The van der Waals surface area contributed by atoms with Crippen LogP contribution in [0, 0.1) is 11.6 Å². The van der Waals surface area contributed by atoms with Crippen LogP contribution in [-0.2, 0) is 5.75 Å². The minimum absolute atomic E-state index is 0.121. The van der Waals surface area contributed by atoms with Crippen LogP contribution in [0.2, 0.25) is 0 Å². The normalized spacial score (nSPS) is 11.0. The van der Waals surface area contributed by atoms with Gasteiger partial charge in [0.25, 0.3) is 0 Å². The first kappa shape index (κ1) is 18.3. The molecule has 2 aromatic carbocycles. The summed E-state index contributed by atoms with van der Waals surface area (Å²) in [4.78, 5) is 8.91. The third kappa shape index (κ3) is 4.79. The Bertz CT molecular complexity index is 885. The van der Waals surface area contributed by atoms with Gasteiger partial charge in [0.05, 0.1) is 5.69 Å². The average molecular weight is 372 g/mol. The highest BCUT2D eigenvalue weighted by atomic mass is 32.2. The Labute approximate surface area is 155 Å². The molecule has 0 unspecified atom stereocenters. The van der Waals surface area contributed by atoms with Gasteiger partial charge in [0.15, 0.2) is 16.7 Å². The zero-order chi connectivity index (χ0) is 18.5. The number of ether oxygens (including phenoxy) is 1. The topological polar surface area (TPSA) is 35.0 Å². The van der Waals surface area contributed by atoms with E-state index in [4.69, 9.17) is 4.74 Å². The molecule has 0 radical (unpaired) electrons. The Kier molecular flexibility index (Phi) is 5.83. The molecule has 0 atom stereocenters. The maximum absolute atomic E-state index is 13.8. The van der Waals surface area contributed by atoms with E-state index in [0.29, 0.717) is 16.8 Å². The first-order valence-corrected chi connectivity index (χ1v) is 9.18. The molecule has 3 nitrogen and oxygen atoms in total. The number of hydrogen-bond acceptors (Lipinski definition) is 4. The molecule has 0 aliphatic heterocycles. The molecule has 0 saturated carbocycles. The van der Waals surface area contributed by atoms with E-state index in [1.807, 2.05) is 13.8 Å². The van der Waals surface area contributed by atoms with E-state index in [1.54, 1.807) is 36.4 Å². The smallest absolute Gasteiger partial charge is 0.223 e. The van der Waals surface area contributed by atoms with E-state index in [2.05, 4.69) is 9.97 Å². The number of aromatic nitrogens is 2. The fourth-order valence-electron chi connectivity index (χ4n) is 2.20. The van der Waals surface area contributed by atoms with Crippen molar-refractivity contribution in [2.24, 2.45) is 0 Å². The molecule has 0 bridgehead atoms. The van der Waals surface area contributed by atoms with E-state index in [9.17, 15) is 8.78 Å². The highest BCUT2D eigenvalue weighted by Gasteiger charge is 2.12. The molecule has 6 heteroatoms. The van der Waals surface area contributed by atoms with Crippen molar-refractivity contribution in [1.29, 1.82) is 0 Å². The summed E-state index contributed by atoms with van der Waals surface area (Å²) in [5.41, 5.74) is 1.78. The SMILES string of the molecule is CC(C)c1cc(Oc2ccccc2F)nc(SCc2ccc(F)cc2)n1. The lowest BCUT2D eigenvalue weighted by Gasteiger charge is -2.11. The molecule has 3 aromatic rings. The summed E-state index contributed by atoms with van der Waals surface area (Å²) in [6.07, 6.45) is 0. The van der Waals surface area contributed by atoms with Gasteiger partial charge < -0.3 is 4.74 Å². The second-order valence-corrected chi connectivity index (χ2v) is 6.96. The van der Waals surface area contributed by atoms with Gasteiger partial charge in [-0.15, -0.1) is 0 Å². The molecule has 0 aliphatic rings. The van der Waals surface area contributed by atoms with Crippen LogP contribution in [0.3, 0.4) is 0 Å². The molecule has 0 N–H and O–H groups in total. The van der Waals surface area contributed by atoms with Crippen LogP contribution in [0.4, 0.5) is 8.78 Å². The standard InChI is InChI=1S/C20H18F2N2OS/c1-13(2)17-11-19(25-18-6-4-3-5-16(18)22)24-20(23-17)26-12-14-7-9-15(21)10-8-14/h3-11,13H,12H2,1-2H3. The summed E-state index contributed by atoms with van der Waals surface area (Å²) < 4.78 is 32.5. The van der Waals surface area contributed by atoms with Crippen molar-refractivity contribution in [1.82, 2.24) is 9.97 Å². The maximum Gasteiger partial charge on any atom is 0.223 e. The number of hydrogen-bond donors (Lipinski definition) is 0. The molecular formula is C20H18F2N2OS. The Hall–Kier alpha value is -2.47. The van der Waals surface area contributed by atoms with Crippen LogP contribution in [0.25, 0.3) is 0 Å². The molecule has 0 fully saturated rings. The first-order valence-electron chi connectivity index (χ1n) is 8.20. The van der Waals surface area contributed by atoms with Gasteiger partial charge in [-0.1, -0.05) is 49.9 Å². The molecule has 134 valence electrons. The quantitative estimate of drug-likeness (QED) is 0.395. The van der Waals surface area contributed by atoms with E-state index >= 15 is 0 Å². The summed E-state index contributed by atoms with van der Waals surface area (Å²) in [5, 5.41) is 0.534. The van der Waals surface area contributed by atoms with Crippen LogP contribution in [0.5, 0.6) is 11.6 Å². The van der Waals surface area contributed by atoms with E-state index in [1.165, 1.54) is 30.0 Å². The van der Waals surface area contributed by atoms with Crippen LogP contribution < -0.4 is 4.74 Å². The summed E-state index contributed by atoms with van der Waals surface area (Å²) in [7, 11) is 0. The van der Waals surface area contributed by atoms with E-state index < -0.39 is 5.82 Å². The number of benzene rings is 2. The van der Waals surface area contributed by atoms with Gasteiger partial charge in [-0.2, -0.15) is 4.98 Å². The van der Waals surface area contributed by atoms with Crippen LogP contribution >= 0.6 is 11.8 Å². The zero-order valence-electron chi connectivity index (χ0n) is 14.4. The van der Waals surface area contributed by atoms with Crippen molar-refractivity contribution in [3.05, 3.63) is 77.5 Å². The number of thioether (sulfide) groups is 1. The maximum atomic E-state index is 13.8. The summed E-state index contributed by atoms with van der Waals surface area (Å²) >= 11 is 1.42. The molecule has 3 rings (SSSR count). The number of rotatable bonds is 6. The third-order valence-corrected chi connectivity index (χ3v) is 4.54. The van der Waals surface area contributed by atoms with Gasteiger partial charge in [-0.3, -0.25) is 0 Å². The summed E-state index contributed by atoms with van der Waals surface area (Å²) in [6.45, 7) is 4.03. The molecule has 0 spiro atoms. The predicted octanol–water partition coefficient (Wildman–Crippen LogP) is 5.96. The number of halogens is 2. The van der Waals surface area contributed by atoms with Gasteiger partial charge in [0.1, 0.15) is 5.82 Å². The number of nitrogens with zero attached hydrogens (tertiary/aromatic N) is 2. The predicted molar refractivity (Wildman–Crippen MR) is 98.6 cm³/mol.